The van der Waals surface area contributed by atoms with E-state index >= 15 is 0 Å². The number of fused-ring (bicyclic) bond motifs is 6. The molecular formula is C78H53N3OS. The Morgan fingerprint density at radius 3 is 1.07 bits per heavy atom. The minimum Gasteiger partial charge on any atom is -0.455 e. The van der Waals surface area contributed by atoms with Crippen LogP contribution in [-0.4, -0.2) is 0 Å². The Balaban J connectivity index is 0.944. The van der Waals surface area contributed by atoms with Crippen molar-refractivity contribution < 1.29 is 4.42 Å². The molecule has 0 aliphatic heterocycles. The van der Waals surface area contributed by atoms with Crippen molar-refractivity contribution in [3.8, 4) is 44.5 Å². The molecule has 0 amide bonds. The summed E-state index contributed by atoms with van der Waals surface area (Å²) in [6.45, 7) is 0. The van der Waals surface area contributed by atoms with Crippen molar-refractivity contribution in [2.45, 2.75) is 0 Å². The van der Waals surface area contributed by atoms with Crippen LogP contribution in [0.3, 0.4) is 0 Å². The van der Waals surface area contributed by atoms with Crippen LogP contribution in [0.2, 0.25) is 0 Å². The summed E-state index contributed by atoms with van der Waals surface area (Å²) in [6.07, 6.45) is 0. The Morgan fingerprint density at radius 2 is 0.578 bits per heavy atom. The largest absolute Gasteiger partial charge is 0.455 e. The molecule has 0 aliphatic carbocycles. The smallest absolute Gasteiger partial charge is 0.143 e. The summed E-state index contributed by atoms with van der Waals surface area (Å²) in [5.74, 6) is 0. The first kappa shape index (κ1) is 49.3. The third kappa shape index (κ3) is 9.35. The molecule has 0 saturated carbocycles. The highest BCUT2D eigenvalue weighted by atomic mass is 32.1. The van der Waals surface area contributed by atoms with Crippen molar-refractivity contribution in [2.75, 3.05) is 14.7 Å². The van der Waals surface area contributed by atoms with Gasteiger partial charge < -0.3 is 19.1 Å². The van der Waals surface area contributed by atoms with E-state index in [0.29, 0.717) is 0 Å². The third-order valence-corrected chi connectivity index (χ3v) is 17.1. The highest BCUT2D eigenvalue weighted by molar-refractivity contribution is 7.26. The first-order chi connectivity index (χ1) is 41.1. The average molecular weight is 1080 g/mol. The van der Waals surface area contributed by atoms with Gasteiger partial charge in [-0.2, -0.15) is 0 Å². The van der Waals surface area contributed by atoms with Gasteiger partial charge in [0.15, 0.2) is 0 Å². The van der Waals surface area contributed by atoms with Gasteiger partial charge in [-0.15, -0.1) is 11.3 Å². The normalized spacial score (nSPS) is 11.4. The van der Waals surface area contributed by atoms with Gasteiger partial charge in [-0.3, -0.25) is 0 Å². The minimum absolute atomic E-state index is 0.883. The van der Waals surface area contributed by atoms with E-state index in [1.807, 2.05) is 23.5 Å². The average Bonchev–Trinajstić information content (AvgIpc) is 4.16. The second-order valence-corrected chi connectivity index (χ2v) is 21.9. The second-order valence-electron chi connectivity index (χ2n) is 20.9. The number of benzene rings is 13. The van der Waals surface area contributed by atoms with E-state index < -0.39 is 0 Å². The zero-order valence-electron chi connectivity index (χ0n) is 45.3. The van der Waals surface area contributed by atoms with Crippen molar-refractivity contribution >= 4 is 105 Å². The van der Waals surface area contributed by atoms with Crippen LogP contribution in [0.15, 0.2) is 326 Å². The van der Waals surface area contributed by atoms with Crippen LogP contribution >= 0.6 is 11.3 Å². The molecule has 392 valence electrons. The van der Waals surface area contributed by atoms with Crippen LogP contribution in [0.4, 0.5) is 51.2 Å². The summed E-state index contributed by atoms with van der Waals surface area (Å²) < 4.78 is 9.19. The maximum atomic E-state index is 6.60. The van der Waals surface area contributed by atoms with Crippen molar-refractivity contribution in [3.63, 3.8) is 0 Å². The molecule has 0 atom stereocenters. The van der Waals surface area contributed by atoms with Gasteiger partial charge in [0, 0.05) is 70.6 Å². The van der Waals surface area contributed by atoms with Crippen molar-refractivity contribution in [1.82, 2.24) is 0 Å². The lowest BCUT2D eigenvalue weighted by atomic mass is 10.0. The summed E-state index contributed by atoms with van der Waals surface area (Å²) >= 11 is 1.86. The first-order valence-corrected chi connectivity index (χ1v) is 28.9. The highest BCUT2D eigenvalue weighted by Crippen LogP contribution is 2.48. The Kier molecular flexibility index (Phi) is 12.7. The maximum absolute atomic E-state index is 6.60. The van der Waals surface area contributed by atoms with Crippen LogP contribution in [0, 0.1) is 0 Å². The van der Waals surface area contributed by atoms with E-state index in [4.69, 9.17) is 4.42 Å². The Labute approximate surface area is 486 Å². The van der Waals surface area contributed by atoms with Gasteiger partial charge in [0.1, 0.15) is 11.2 Å². The number of para-hydroxylation sites is 4. The van der Waals surface area contributed by atoms with Gasteiger partial charge in [-0.25, -0.2) is 0 Å². The molecule has 0 spiro atoms. The number of nitrogens with zero attached hydrogens (tertiary/aromatic N) is 3. The molecule has 0 N–H and O–H groups in total. The van der Waals surface area contributed by atoms with Crippen molar-refractivity contribution in [3.05, 3.63) is 322 Å². The monoisotopic (exact) mass is 1080 g/mol. The van der Waals surface area contributed by atoms with E-state index in [2.05, 4.69) is 324 Å². The third-order valence-electron chi connectivity index (χ3n) is 15.8. The quantitative estimate of drug-likeness (QED) is 0.115. The number of rotatable bonds is 13. The zero-order valence-corrected chi connectivity index (χ0v) is 46.1. The van der Waals surface area contributed by atoms with Gasteiger partial charge in [0.2, 0.25) is 0 Å². The second kappa shape index (κ2) is 21.4. The topological polar surface area (TPSA) is 22.9 Å². The predicted molar refractivity (Wildman–Crippen MR) is 352 cm³/mol. The molecular weight excluding hydrogens is 1030 g/mol. The molecule has 4 nitrogen and oxygen atoms in total. The number of anilines is 9. The summed E-state index contributed by atoms with van der Waals surface area (Å²) in [4.78, 5) is 7.17. The molecule has 2 heterocycles. The molecule has 2 aromatic heterocycles. The lowest BCUT2D eigenvalue weighted by molar-refractivity contribution is 0.670. The van der Waals surface area contributed by atoms with Gasteiger partial charge in [0.25, 0.3) is 0 Å². The Morgan fingerprint density at radius 1 is 0.229 bits per heavy atom. The van der Waals surface area contributed by atoms with Crippen LogP contribution in [-0.2, 0) is 0 Å². The molecule has 15 rings (SSSR count). The molecule has 83 heavy (non-hydrogen) atoms. The van der Waals surface area contributed by atoms with Crippen molar-refractivity contribution in [2.24, 2.45) is 0 Å². The number of thiophene rings is 1. The number of furan rings is 1. The minimum atomic E-state index is 0.883. The number of hydrogen-bond donors (Lipinski definition) is 0. The van der Waals surface area contributed by atoms with E-state index in [0.717, 1.165) is 101 Å². The summed E-state index contributed by atoms with van der Waals surface area (Å²) in [5.41, 5.74) is 20.1. The van der Waals surface area contributed by atoms with Crippen LogP contribution in [0.25, 0.3) is 86.6 Å². The fourth-order valence-electron chi connectivity index (χ4n) is 11.9. The van der Waals surface area contributed by atoms with Crippen molar-refractivity contribution in [1.29, 1.82) is 0 Å². The van der Waals surface area contributed by atoms with Gasteiger partial charge in [0.05, 0.1) is 17.1 Å². The lowest BCUT2D eigenvalue weighted by Gasteiger charge is -2.33. The van der Waals surface area contributed by atoms with Crippen LogP contribution in [0.5, 0.6) is 0 Å². The predicted octanol–water partition coefficient (Wildman–Crippen LogP) is 23.0. The Hall–Kier alpha value is -10.7. The lowest BCUT2D eigenvalue weighted by Crippen LogP contribution is -2.16. The molecule has 13 aromatic carbocycles. The Bertz CT molecular complexity index is 4450. The van der Waals surface area contributed by atoms with E-state index in [1.54, 1.807) is 0 Å². The standard InChI is InChI=1S/C78H53N3OS/c1-5-19-54(20-6-1)56-35-43-62(44-36-56)79(60-23-9-3-10-24-60)66-51-67(80(61-25-11-4-12-26-61)63-45-37-57(38-46-63)55-21-7-2-8-22-55)53-68(52-66)81(64-47-39-58(40-48-64)69-29-17-31-73-71-27-13-15-33-75(71)82-77(69)73)65-49-41-59(42-50-65)70-30-18-32-74-72-28-14-16-34-76(72)83-78(70)74/h1-53H. The molecule has 0 bridgehead atoms. The zero-order chi connectivity index (χ0) is 55.1. The van der Waals surface area contributed by atoms with E-state index in [-0.39, 0.29) is 0 Å². The molecule has 0 unspecified atom stereocenters. The fraction of sp³-hybridized carbons (Fsp3) is 0. The van der Waals surface area contributed by atoms with E-state index in [9.17, 15) is 0 Å². The molecule has 0 fully saturated rings. The van der Waals surface area contributed by atoms with Crippen LogP contribution < -0.4 is 14.7 Å². The summed E-state index contributed by atoms with van der Waals surface area (Å²) in [6, 6.07) is 116. The maximum Gasteiger partial charge on any atom is 0.143 e. The molecule has 0 radical (unpaired) electrons. The summed E-state index contributed by atoms with van der Waals surface area (Å²) in [5, 5.41) is 4.80. The number of hydrogen-bond acceptors (Lipinski definition) is 5. The first-order valence-electron chi connectivity index (χ1n) is 28.1. The molecule has 15 aromatic rings. The summed E-state index contributed by atoms with van der Waals surface area (Å²) in [7, 11) is 0. The van der Waals surface area contributed by atoms with Gasteiger partial charge >= 0.3 is 0 Å². The van der Waals surface area contributed by atoms with Crippen LogP contribution in [0.1, 0.15) is 0 Å². The van der Waals surface area contributed by atoms with Gasteiger partial charge in [-0.05, 0) is 142 Å². The fourth-order valence-corrected chi connectivity index (χ4v) is 13.1. The molecule has 0 aliphatic rings. The molecule has 0 saturated heterocycles. The SMILES string of the molecule is c1ccc(-c2ccc(N(c3ccccc3)c3cc(N(c4ccccc4)c4ccc(-c5ccccc5)cc4)cc(N(c4ccc(-c5cccc6c5oc5ccccc56)cc4)c4ccc(-c5cccc6c5sc5ccccc56)cc4)c3)cc2)cc1. The molecule has 5 heteroatoms. The highest BCUT2D eigenvalue weighted by Gasteiger charge is 2.24. The van der Waals surface area contributed by atoms with E-state index in [1.165, 1.54) is 36.9 Å². The van der Waals surface area contributed by atoms with Gasteiger partial charge in [-0.1, -0.05) is 218 Å².